The van der Waals surface area contributed by atoms with Gasteiger partial charge in [-0.05, 0) is 12.8 Å². The van der Waals surface area contributed by atoms with Crippen LogP contribution in [0.4, 0.5) is 30.7 Å². The third kappa shape index (κ3) is 6.70. The fourth-order valence-electron chi connectivity index (χ4n) is 1.52. The van der Waals surface area contributed by atoms with Crippen LogP contribution in [0.5, 0.6) is 0 Å². The number of halogens is 7. The van der Waals surface area contributed by atoms with Gasteiger partial charge in [0.25, 0.3) is 5.67 Å². The third-order valence-corrected chi connectivity index (χ3v) is 2.67. The van der Waals surface area contributed by atoms with Crippen molar-refractivity contribution in [3.63, 3.8) is 0 Å². The molecule has 0 aliphatic rings. The Labute approximate surface area is 131 Å². The molecule has 0 bridgehead atoms. The van der Waals surface area contributed by atoms with Crippen molar-refractivity contribution in [1.82, 2.24) is 0 Å². The fraction of sp³-hybridized carbons (Fsp3) is 0.909. The molecule has 0 aromatic rings. The smallest absolute Gasteiger partial charge is 0.343 e. The van der Waals surface area contributed by atoms with Gasteiger partial charge < -0.3 is 6.92 Å². The Balaban J connectivity index is 0. The van der Waals surface area contributed by atoms with Crippen molar-refractivity contribution in [2.24, 2.45) is 0 Å². The summed E-state index contributed by atoms with van der Waals surface area (Å²) >= 11 is 0. The Kier molecular flexibility index (Phi) is 10.1. The van der Waals surface area contributed by atoms with E-state index in [-0.39, 0.29) is 37.5 Å². The molecule has 0 unspecified atom stereocenters. The van der Waals surface area contributed by atoms with Crippen LogP contribution in [0.15, 0.2) is 0 Å². The summed E-state index contributed by atoms with van der Waals surface area (Å²) in [5.74, 6) is 0. The van der Waals surface area contributed by atoms with Crippen molar-refractivity contribution in [2.45, 2.75) is 63.0 Å². The van der Waals surface area contributed by atoms with Gasteiger partial charge >= 0.3 is 12.4 Å². The third-order valence-electron chi connectivity index (χ3n) is 2.67. The second kappa shape index (κ2) is 8.76. The van der Waals surface area contributed by atoms with Gasteiger partial charge in [0.15, 0.2) is 0 Å². The Morgan fingerprint density at radius 1 is 0.632 bits per heavy atom. The standard InChI is InChI=1S/C11H16F7.U/c1-2-3-4-5-6-7-8-9(12,10(13,14)15)11(16,17)18;/h1-8H2;/q-1;. The van der Waals surface area contributed by atoms with Gasteiger partial charge in [-0.15, -0.1) is 0 Å². The summed E-state index contributed by atoms with van der Waals surface area (Å²) in [5, 5.41) is 0. The van der Waals surface area contributed by atoms with E-state index >= 15 is 0 Å². The van der Waals surface area contributed by atoms with E-state index in [0.29, 0.717) is 19.3 Å². The monoisotopic (exact) mass is 519 g/mol. The van der Waals surface area contributed by atoms with Crippen LogP contribution in [0.2, 0.25) is 0 Å². The zero-order valence-electron chi connectivity index (χ0n) is 10.3. The van der Waals surface area contributed by atoms with Crippen molar-refractivity contribution in [1.29, 1.82) is 0 Å². The summed E-state index contributed by atoms with van der Waals surface area (Å²) in [6.45, 7) is 3.55. The first-order valence-electron chi connectivity index (χ1n) is 5.68. The van der Waals surface area contributed by atoms with E-state index in [0.717, 1.165) is 6.42 Å². The number of alkyl halides is 7. The summed E-state index contributed by atoms with van der Waals surface area (Å²) < 4.78 is 85.9. The van der Waals surface area contributed by atoms with E-state index in [2.05, 4.69) is 6.92 Å². The fourth-order valence-corrected chi connectivity index (χ4v) is 1.52. The molecule has 0 aromatic heterocycles. The molecule has 0 radical (unpaired) electrons. The summed E-state index contributed by atoms with van der Waals surface area (Å²) in [6, 6.07) is 0. The first kappa shape index (κ1) is 21.9. The Morgan fingerprint density at radius 3 is 1.37 bits per heavy atom. The van der Waals surface area contributed by atoms with Gasteiger partial charge in [0.05, 0.1) is 0 Å². The normalized spacial score (nSPS) is 13.3. The zero-order valence-corrected chi connectivity index (χ0v) is 14.5. The molecule has 0 atom stereocenters. The maximum Gasteiger partial charge on any atom is 0.431 e. The molecule has 0 fully saturated rings. The molecule has 0 saturated heterocycles. The van der Waals surface area contributed by atoms with E-state index in [1.54, 1.807) is 0 Å². The SMILES string of the molecule is [CH2-]CCCCCCCC(F)(C(F)(F)F)C(F)(F)F.[U]. The van der Waals surface area contributed by atoms with Crippen LogP contribution in [0.3, 0.4) is 0 Å². The average Bonchev–Trinajstić information content (AvgIpc) is 2.19. The van der Waals surface area contributed by atoms with Crippen LogP contribution in [0.1, 0.15) is 44.9 Å². The molecule has 0 amide bonds. The van der Waals surface area contributed by atoms with Crippen LogP contribution in [-0.2, 0) is 0 Å². The molecule has 0 N–H and O–H groups in total. The van der Waals surface area contributed by atoms with Gasteiger partial charge in [0.2, 0.25) is 0 Å². The van der Waals surface area contributed by atoms with E-state index in [9.17, 15) is 30.7 Å². The van der Waals surface area contributed by atoms with Gasteiger partial charge in [0.1, 0.15) is 0 Å². The van der Waals surface area contributed by atoms with Crippen LogP contribution in [-0.4, -0.2) is 18.0 Å². The maximum absolute atomic E-state index is 13.1. The van der Waals surface area contributed by atoms with Crippen LogP contribution in [0.25, 0.3) is 0 Å². The topological polar surface area (TPSA) is 0 Å². The Hall–Kier alpha value is 0.562. The predicted octanol–water partition coefficient (Wildman–Crippen LogP) is 5.38. The minimum atomic E-state index is -5.92. The Morgan fingerprint density at radius 2 is 1.00 bits per heavy atom. The van der Waals surface area contributed by atoms with Gasteiger partial charge in [-0.2, -0.15) is 32.8 Å². The first-order chi connectivity index (χ1) is 8.06. The zero-order chi connectivity index (χ0) is 14.4. The second-order valence-corrected chi connectivity index (χ2v) is 4.17. The van der Waals surface area contributed by atoms with E-state index in [4.69, 9.17) is 0 Å². The average molecular weight is 519 g/mol. The number of unbranched alkanes of at least 4 members (excludes halogenated alkanes) is 5. The van der Waals surface area contributed by atoms with Gasteiger partial charge in [-0.1, -0.05) is 25.7 Å². The van der Waals surface area contributed by atoms with Crippen LogP contribution < -0.4 is 0 Å². The van der Waals surface area contributed by atoms with Crippen molar-refractivity contribution in [3.8, 4) is 0 Å². The number of hydrogen-bond acceptors (Lipinski definition) is 0. The molecule has 19 heavy (non-hydrogen) atoms. The minimum Gasteiger partial charge on any atom is -0.343 e. The van der Waals surface area contributed by atoms with Crippen molar-refractivity contribution >= 4 is 0 Å². The molecule has 0 spiro atoms. The molecule has 0 heterocycles. The van der Waals surface area contributed by atoms with E-state index in [1.807, 2.05) is 0 Å². The van der Waals surface area contributed by atoms with Crippen LogP contribution in [0, 0.1) is 38.0 Å². The number of hydrogen-bond donors (Lipinski definition) is 0. The summed E-state index contributed by atoms with van der Waals surface area (Å²) in [5.41, 5.74) is -5.09. The van der Waals surface area contributed by atoms with Gasteiger partial charge in [0, 0.05) is 31.1 Å². The predicted molar refractivity (Wildman–Crippen MR) is 53.6 cm³/mol. The van der Waals surface area contributed by atoms with Crippen molar-refractivity contribution < 1.29 is 61.8 Å². The van der Waals surface area contributed by atoms with Gasteiger partial charge in [-0.25, -0.2) is 4.39 Å². The van der Waals surface area contributed by atoms with Gasteiger partial charge in [-0.3, -0.25) is 0 Å². The summed E-state index contributed by atoms with van der Waals surface area (Å²) in [6.07, 6.45) is -11.1. The largest absolute Gasteiger partial charge is 0.431 e. The molecular formula is C11H16F7U-. The minimum absolute atomic E-state index is 0. The summed E-state index contributed by atoms with van der Waals surface area (Å²) in [4.78, 5) is 0. The quantitative estimate of drug-likeness (QED) is 0.241. The molecular weight excluding hydrogens is 503 g/mol. The van der Waals surface area contributed by atoms with Crippen LogP contribution >= 0.6 is 0 Å². The molecule has 0 aliphatic heterocycles. The molecule has 114 valence electrons. The molecule has 0 nitrogen and oxygen atoms in total. The first-order valence-corrected chi connectivity index (χ1v) is 5.68. The van der Waals surface area contributed by atoms with Crippen molar-refractivity contribution in [2.75, 3.05) is 0 Å². The summed E-state index contributed by atoms with van der Waals surface area (Å²) in [7, 11) is 0. The van der Waals surface area contributed by atoms with E-state index < -0.39 is 30.9 Å². The maximum atomic E-state index is 13.1. The number of rotatable bonds is 7. The molecule has 8 heteroatoms. The second-order valence-electron chi connectivity index (χ2n) is 4.17. The molecule has 0 saturated carbocycles. The van der Waals surface area contributed by atoms with E-state index in [1.165, 1.54) is 0 Å². The molecule has 0 rings (SSSR count). The molecule has 0 aromatic carbocycles. The molecule has 0 aliphatic carbocycles. The Bertz CT molecular complexity index is 220. The van der Waals surface area contributed by atoms with Crippen molar-refractivity contribution in [3.05, 3.63) is 6.92 Å².